The molecule has 90 valence electrons. The summed E-state index contributed by atoms with van der Waals surface area (Å²) >= 11 is 0. The molecule has 1 aromatic carbocycles. The van der Waals surface area contributed by atoms with E-state index in [1.807, 2.05) is 24.3 Å². The molecule has 2 atom stereocenters. The standard InChI is InChI=1S/C14H17NO2/c16-8-9-4-1-2-7-12(9)15-14(17)13-10-5-3-6-11(10)13/h1-2,4,7,10-11,13,16H,3,5-6,8H2,(H,15,17). The fourth-order valence-corrected chi connectivity index (χ4v) is 3.21. The molecule has 0 saturated heterocycles. The van der Waals surface area contributed by atoms with Gasteiger partial charge in [0.2, 0.25) is 5.91 Å². The van der Waals surface area contributed by atoms with E-state index >= 15 is 0 Å². The first-order valence-corrected chi connectivity index (χ1v) is 6.31. The molecule has 0 bridgehead atoms. The van der Waals surface area contributed by atoms with Gasteiger partial charge in [-0.1, -0.05) is 24.6 Å². The lowest BCUT2D eigenvalue weighted by Gasteiger charge is -2.10. The van der Waals surface area contributed by atoms with Crippen LogP contribution >= 0.6 is 0 Å². The van der Waals surface area contributed by atoms with E-state index in [-0.39, 0.29) is 18.4 Å². The van der Waals surface area contributed by atoms with Crippen LogP contribution in [0.3, 0.4) is 0 Å². The molecule has 3 rings (SSSR count). The number of carbonyl (C=O) groups excluding carboxylic acids is 1. The predicted molar refractivity (Wildman–Crippen MR) is 65.3 cm³/mol. The molecular formula is C14H17NO2. The van der Waals surface area contributed by atoms with Gasteiger partial charge in [0.15, 0.2) is 0 Å². The van der Waals surface area contributed by atoms with E-state index in [2.05, 4.69) is 5.32 Å². The Morgan fingerprint density at radius 2 is 2.00 bits per heavy atom. The summed E-state index contributed by atoms with van der Waals surface area (Å²) in [7, 11) is 0. The Morgan fingerprint density at radius 3 is 2.71 bits per heavy atom. The molecule has 2 N–H and O–H groups in total. The van der Waals surface area contributed by atoms with E-state index < -0.39 is 0 Å². The highest BCUT2D eigenvalue weighted by Gasteiger charge is 2.56. The quantitative estimate of drug-likeness (QED) is 0.837. The summed E-state index contributed by atoms with van der Waals surface area (Å²) in [5.74, 6) is 1.64. The summed E-state index contributed by atoms with van der Waals surface area (Å²) in [5.41, 5.74) is 1.54. The van der Waals surface area contributed by atoms with Crippen LogP contribution in [0.25, 0.3) is 0 Å². The molecule has 1 amide bonds. The first kappa shape index (κ1) is 10.8. The predicted octanol–water partition coefficient (Wildman–Crippen LogP) is 2.16. The van der Waals surface area contributed by atoms with Crippen molar-refractivity contribution in [1.29, 1.82) is 0 Å². The summed E-state index contributed by atoms with van der Waals surface area (Å²) in [4.78, 5) is 12.1. The molecule has 2 fully saturated rings. The first-order valence-electron chi connectivity index (χ1n) is 6.31. The van der Waals surface area contributed by atoms with E-state index in [4.69, 9.17) is 0 Å². The molecule has 3 nitrogen and oxygen atoms in total. The average molecular weight is 231 g/mol. The fraction of sp³-hybridized carbons (Fsp3) is 0.500. The smallest absolute Gasteiger partial charge is 0.228 e. The SMILES string of the molecule is O=C(Nc1ccccc1CO)C1C2CCCC21. The summed E-state index contributed by atoms with van der Waals surface area (Å²) in [6.07, 6.45) is 3.71. The van der Waals surface area contributed by atoms with Gasteiger partial charge < -0.3 is 10.4 Å². The molecule has 3 heteroatoms. The van der Waals surface area contributed by atoms with Gasteiger partial charge in [-0.3, -0.25) is 4.79 Å². The molecule has 0 aromatic heterocycles. The van der Waals surface area contributed by atoms with Crippen molar-refractivity contribution in [2.24, 2.45) is 17.8 Å². The summed E-state index contributed by atoms with van der Waals surface area (Å²) in [5, 5.41) is 12.1. The zero-order valence-electron chi connectivity index (χ0n) is 9.73. The van der Waals surface area contributed by atoms with Gasteiger partial charge in [-0.25, -0.2) is 0 Å². The second-order valence-corrected chi connectivity index (χ2v) is 5.09. The van der Waals surface area contributed by atoms with Crippen molar-refractivity contribution in [1.82, 2.24) is 0 Å². The number of hydrogen-bond acceptors (Lipinski definition) is 2. The summed E-state index contributed by atoms with van der Waals surface area (Å²) < 4.78 is 0. The third-order valence-corrected chi connectivity index (χ3v) is 4.15. The number of anilines is 1. The van der Waals surface area contributed by atoms with Crippen molar-refractivity contribution in [2.75, 3.05) is 5.32 Å². The highest BCUT2D eigenvalue weighted by molar-refractivity contribution is 5.95. The Morgan fingerprint density at radius 1 is 1.29 bits per heavy atom. The van der Waals surface area contributed by atoms with Crippen LogP contribution in [-0.4, -0.2) is 11.0 Å². The molecule has 0 spiro atoms. The largest absolute Gasteiger partial charge is 0.392 e. The van der Waals surface area contributed by atoms with Crippen molar-refractivity contribution in [3.63, 3.8) is 0 Å². The van der Waals surface area contributed by atoms with Crippen LogP contribution in [0.2, 0.25) is 0 Å². The molecule has 1 aromatic rings. The molecule has 2 unspecified atom stereocenters. The van der Waals surface area contributed by atoms with Gasteiger partial charge in [0.1, 0.15) is 0 Å². The zero-order chi connectivity index (χ0) is 11.8. The van der Waals surface area contributed by atoms with Gasteiger partial charge >= 0.3 is 0 Å². The van der Waals surface area contributed by atoms with Crippen LogP contribution in [0.15, 0.2) is 24.3 Å². The topological polar surface area (TPSA) is 49.3 Å². The molecule has 2 saturated carbocycles. The maximum atomic E-state index is 12.1. The average Bonchev–Trinajstić information content (AvgIpc) is 2.84. The number of aliphatic hydroxyl groups excluding tert-OH is 1. The molecule has 2 aliphatic rings. The Balaban J connectivity index is 1.69. The van der Waals surface area contributed by atoms with Gasteiger partial charge in [-0.2, -0.15) is 0 Å². The Labute approximate surface area is 101 Å². The van der Waals surface area contributed by atoms with E-state index in [0.717, 1.165) is 11.3 Å². The number of carbonyl (C=O) groups is 1. The lowest BCUT2D eigenvalue weighted by atomic mass is 10.1. The third-order valence-electron chi connectivity index (χ3n) is 4.15. The van der Waals surface area contributed by atoms with Crippen molar-refractivity contribution < 1.29 is 9.90 Å². The van der Waals surface area contributed by atoms with E-state index in [1.165, 1.54) is 19.3 Å². The van der Waals surface area contributed by atoms with E-state index in [1.54, 1.807) is 0 Å². The van der Waals surface area contributed by atoms with Crippen LogP contribution in [-0.2, 0) is 11.4 Å². The van der Waals surface area contributed by atoms with Gasteiger partial charge in [0, 0.05) is 17.2 Å². The maximum absolute atomic E-state index is 12.1. The van der Waals surface area contributed by atoms with Crippen LogP contribution < -0.4 is 5.32 Å². The number of amides is 1. The highest BCUT2D eigenvalue weighted by atomic mass is 16.3. The number of rotatable bonds is 3. The Bertz CT molecular complexity index is 434. The van der Waals surface area contributed by atoms with E-state index in [0.29, 0.717) is 11.8 Å². The van der Waals surface area contributed by atoms with Crippen molar-refractivity contribution in [3.8, 4) is 0 Å². The lowest BCUT2D eigenvalue weighted by Crippen LogP contribution is -2.17. The van der Waals surface area contributed by atoms with Gasteiger partial charge in [0.05, 0.1) is 6.61 Å². The number of aliphatic hydroxyl groups is 1. The zero-order valence-corrected chi connectivity index (χ0v) is 9.73. The normalized spacial score (nSPS) is 29.8. The highest BCUT2D eigenvalue weighted by Crippen LogP contribution is 2.57. The van der Waals surface area contributed by atoms with Gasteiger partial charge in [0.25, 0.3) is 0 Å². The van der Waals surface area contributed by atoms with Crippen molar-refractivity contribution >= 4 is 11.6 Å². The first-order chi connectivity index (χ1) is 8.31. The van der Waals surface area contributed by atoms with Crippen LogP contribution in [0.1, 0.15) is 24.8 Å². The Kier molecular flexibility index (Phi) is 2.63. The molecule has 17 heavy (non-hydrogen) atoms. The minimum absolute atomic E-state index is 0.0338. The summed E-state index contributed by atoms with van der Waals surface area (Å²) in [6, 6.07) is 7.43. The van der Waals surface area contributed by atoms with E-state index in [9.17, 15) is 9.90 Å². The second-order valence-electron chi connectivity index (χ2n) is 5.09. The van der Waals surface area contributed by atoms with Crippen LogP contribution in [0.4, 0.5) is 5.69 Å². The minimum Gasteiger partial charge on any atom is -0.392 e. The molecule has 0 aliphatic heterocycles. The number of fused-ring (bicyclic) bond motifs is 1. The number of nitrogens with one attached hydrogen (secondary N) is 1. The molecule has 2 aliphatic carbocycles. The number of hydrogen-bond donors (Lipinski definition) is 2. The molecule has 0 heterocycles. The van der Waals surface area contributed by atoms with Crippen LogP contribution in [0.5, 0.6) is 0 Å². The molecular weight excluding hydrogens is 214 g/mol. The van der Waals surface area contributed by atoms with Crippen LogP contribution in [0, 0.1) is 17.8 Å². The monoisotopic (exact) mass is 231 g/mol. The lowest BCUT2D eigenvalue weighted by molar-refractivity contribution is -0.118. The van der Waals surface area contributed by atoms with Gasteiger partial charge in [-0.15, -0.1) is 0 Å². The minimum atomic E-state index is -0.0338. The fourth-order valence-electron chi connectivity index (χ4n) is 3.21. The third kappa shape index (κ3) is 1.84. The Hall–Kier alpha value is -1.35. The second kappa shape index (κ2) is 4.15. The maximum Gasteiger partial charge on any atom is 0.228 e. The summed E-state index contributed by atoms with van der Waals surface area (Å²) in [6.45, 7) is -0.0338. The number of para-hydroxylation sites is 1. The van der Waals surface area contributed by atoms with Crippen molar-refractivity contribution in [2.45, 2.75) is 25.9 Å². The molecule has 0 radical (unpaired) electrons. The number of benzene rings is 1. The van der Waals surface area contributed by atoms with Crippen molar-refractivity contribution in [3.05, 3.63) is 29.8 Å². The van der Waals surface area contributed by atoms with Gasteiger partial charge in [-0.05, 0) is 30.7 Å².